The zero-order valence-electron chi connectivity index (χ0n) is 13.4. The zero-order valence-corrected chi connectivity index (χ0v) is 13.4. The maximum Gasteiger partial charge on any atom is 0.341 e. The van der Waals surface area contributed by atoms with Crippen molar-refractivity contribution in [2.24, 2.45) is 0 Å². The van der Waals surface area contributed by atoms with Gasteiger partial charge in [-0.25, -0.2) is 4.79 Å². The number of rotatable bonds is 7. The molecule has 0 aliphatic rings. The number of nitrogens with one attached hydrogen (secondary N) is 1. The van der Waals surface area contributed by atoms with Gasteiger partial charge in [0.25, 0.3) is 0 Å². The molecule has 0 aromatic carbocycles. The standard InChI is InChI=1S/C15H24N2O4/c1-6-7-16-14(18)10(2)17(4)9-12-8-13(11(3)21-12)15(19)20-5/h8,10H,6-7,9H2,1-5H3,(H,16,18). The van der Waals surface area contributed by atoms with Crippen molar-refractivity contribution in [3.63, 3.8) is 0 Å². The van der Waals surface area contributed by atoms with Crippen LogP contribution >= 0.6 is 0 Å². The van der Waals surface area contributed by atoms with Gasteiger partial charge in [0.2, 0.25) is 5.91 Å². The summed E-state index contributed by atoms with van der Waals surface area (Å²) in [5.41, 5.74) is 0.420. The van der Waals surface area contributed by atoms with E-state index in [1.54, 1.807) is 13.0 Å². The first kappa shape index (κ1) is 17.2. The average Bonchev–Trinajstić information content (AvgIpc) is 2.83. The summed E-state index contributed by atoms with van der Waals surface area (Å²) in [6, 6.07) is 1.39. The molecule has 6 heteroatoms. The van der Waals surface area contributed by atoms with Gasteiger partial charge >= 0.3 is 5.97 Å². The summed E-state index contributed by atoms with van der Waals surface area (Å²) in [6.45, 7) is 6.67. The van der Waals surface area contributed by atoms with Gasteiger partial charge in [-0.05, 0) is 33.4 Å². The molecule has 6 nitrogen and oxygen atoms in total. The molecule has 0 radical (unpaired) electrons. The first-order chi connectivity index (χ1) is 9.90. The van der Waals surface area contributed by atoms with Crippen LogP contribution in [-0.4, -0.2) is 43.5 Å². The molecular formula is C15H24N2O4. The molecule has 1 heterocycles. The number of carbonyl (C=O) groups excluding carboxylic acids is 2. The van der Waals surface area contributed by atoms with E-state index in [1.165, 1.54) is 7.11 Å². The van der Waals surface area contributed by atoms with E-state index in [9.17, 15) is 9.59 Å². The van der Waals surface area contributed by atoms with E-state index in [2.05, 4.69) is 10.1 Å². The summed E-state index contributed by atoms with van der Waals surface area (Å²) < 4.78 is 10.2. The van der Waals surface area contributed by atoms with Crippen molar-refractivity contribution in [1.29, 1.82) is 0 Å². The van der Waals surface area contributed by atoms with Gasteiger partial charge in [0, 0.05) is 6.54 Å². The topological polar surface area (TPSA) is 71.8 Å². The Morgan fingerprint density at radius 2 is 2.14 bits per heavy atom. The molecule has 0 bridgehead atoms. The predicted molar refractivity (Wildman–Crippen MR) is 79.0 cm³/mol. The van der Waals surface area contributed by atoms with Gasteiger partial charge in [0.15, 0.2) is 0 Å². The lowest BCUT2D eigenvalue weighted by Crippen LogP contribution is -2.43. The third kappa shape index (κ3) is 4.60. The van der Waals surface area contributed by atoms with Crippen molar-refractivity contribution in [3.05, 3.63) is 23.2 Å². The fourth-order valence-corrected chi connectivity index (χ4v) is 1.91. The fraction of sp³-hybridized carbons (Fsp3) is 0.600. The second-order valence-electron chi connectivity index (χ2n) is 5.06. The number of aryl methyl sites for hydroxylation is 1. The molecule has 1 rings (SSSR count). The summed E-state index contributed by atoms with van der Waals surface area (Å²) in [7, 11) is 3.17. The molecule has 1 N–H and O–H groups in total. The molecule has 0 saturated carbocycles. The quantitative estimate of drug-likeness (QED) is 0.776. The smallest absolute Gasteiger partial charge is 0.341 e. The summed E-state index contributed by atoms with van der Waals surface area (Å²) in [5.74, 6) is 0.716. The minimum atomic E-state index is -0.418. The molecule has 0 aliphatic heterocycles. The Kier molecular flexibility index (Phi) is 6.42. The summed E-state index contributed by atoms with van der Waals surface area (Å²) in [6.07, 6.45) is 0.905. The molecule has 1 aromatic heterocycles. The largest absolute Gasteiger partial charge is 0.465 e. The van der Waals surface area contributed by atoms with Crippen molar-refractivity contribution in [2.45, 2.75) is 39.8 Å². The van der Waals surface area contributed by atoms with E-state index in [0.29, 0.717) is 30.2 Å². The molecule has 0 spiro atoms. The number of hydrogen-bond donors (Lipinski definition) is 1. The Labute approximate surface area is 125 Å². The SMILES string of the molecule is CCCNC(=O)C(C)N(C)Cc1cc(C(=O)OC)c(C)o1. The number of amides is 1. The summed E-state index contributed by atoms with van der Waals surface area (Å²) in [5, 5.41) is 2.86. The van der Waals surface area contributed by atoms with Crippen LogP contribution in [0, 0.1) is 6.92 Å². The van der Waals surface area contributed by atoms with Crippen LogP contribution in [0.4, 0.5) is 0 Å². The highest BCUT2D eigenvalue weighted by Gasteiger charge is 2.21. The third-order valence-corrected chi connectivity index (χ3v) is 3.37. The Balaban J connectivity index is 2.68. The molecular weight excluding hydrogens is 272 g/mol. The highest BCUT2D eigenvalue weighted by Crippen LogP contribution is 2.17. The number of methoxy groups -OCH3 is 1. The third-order valence-electron chi connectivity index (χ3n) is 3.37. The lowest BCUT2D eigenvalue weighted by Gasteiger charge is -2.22. The molecule has 1 unspecified atom stereocenters. The van der Waals surface area contributed by atoms with E-state index in [4.69, 9.17) is 4.42 Å². The second-order valence-corrected chi connectivity index (χ2v) is 5.06. The summed E-state index contributed by atoms with van der Waals surface area (Å²) in [4.78, 5) is 25.3. The lowest BCUT2D eigenvalue weighted by atomic mass is 10.2. The van der Waals surface area contributed by atoms with Crippen LogP contribution in [0.5, 0.6) is 0 Å². The zero-order chi connectivity index (χ0) is 16.0. The van der Waals surface area contributed by atoms with E-state index in [1.807, 2.05) is 25.8 Å². The molecule has 1 aromatic rings. The first-order valence-electron chi connectivity index (χ1n) is 7.06. The van der Waals surface area contributed by atoms with Crippen molar-refractivity contribution in [2.75, 3.05) is 20.7 Å². The van der Waals surface area contributed by atoms with E-state index in [-0.39, 0.29) is 11.9 Å². The first-order valence-corrected chi connectivity index (χ1v) is 7.06. The summed E-state index contributed by atoms with van der Waals surface area (Å²) >= 11 is 0. The number of likely N-dealkylation sites (N-methyl/N-ethyl adjacent to an activating group) is 1. The Bertz CT molecular complexity index is 496. The maximum atomic E-state index is 11.9. The van der Waals surface area contributed by atoms with Crippen LogP contribution in [0.2, 0.25) is 0 Å². The van der Waals surface area contributed by atoms with Gasteiger partial charge in [0.1, 0.15) is 17.1 Å². The Hall–Kier alpha value is -1.82. The molecule has 0 fully saturated rings. The van der Waals surface area contributed by atoms with Crippen LogP contribution in [0.3, 0.4) is 0 Å². The Morgan fingerprint density at radius 3 is 2.71 bits per heavy atom. The molecule has 1 atom stereocenters. The van der Waals surface area contributed by atoms with Gasteiger partial charge in [-0.3, -0.25) is 9.69 Å². The maximum absolute atomic E-state index is 11.9. The number of nitrogens with zero attached hydrogens (tertiary/aromatic N) is 1. The molecule has 21 heavy (non-hydrogen) atoms. The Morgan fingerprint density at radius 1 is 1.48 bits per heavy atom. The molecule has 0 saturated heterocycles. The number of hydrogen-bond acceptors (Lipinski definition) is 5. The van der Waals surface area contributed by atoms with Gasteiger partial charge in [0.05, 0.1) is 19.7 Å². The number of esters is 1. The van der Waals surface area contributed by atoms with Gasteiger partial charge in [-0.2, -0.15) is 0 Å². The van der Waals surface area contributed by atoms with Crippen molar-refractivity contribution < 1.29 is 18.7 Å². The van der Waals surface area contributed by atoms with Crippen molar-refractivity contribution >= 4 is 11.9 Å². The minimum Gasteiger partial charge on any atom is -0.465 e. The normalized spacial score (nSPS) is 12.3. The highest BCUT2D eigenvalue weighted by molar-refractivity contribution is 5.90. The predicted octanol–water partition coefficient (Wildman–Crippen LogP) is 1.72. The fourth-order valence-electron chi connectivity index (χ4n) is 1.91. The molecule has 1 amide bonds. The van der Waals surface area contributed by atoms with Crippen molar-refractivity contribution in [1.82, 2.24) is 10.2 Å². The van der Waals surface area contributed by atoms with Gasteiger partial charge in [-0.15, -0.1) is 0 Å². The van der Waals surface area contributed by atoms with Crippen molar-refractivity contribution in [3.8, 4) is 0 Å². The molecule has 118 valence electrons. The van der Waals surface area contributed by atoms with Crippen LogP contribution in [0.25, 0.3) is 0 Å². The van der Waals surface area contributed by atoms with Crippen LogP contribution < -0.4 is 5.32 Å². The highest BCUT2D eigenvalue weighted by atomic mass is 16.5. The number of furan rings is 1. The van der Waals surface area contributed by atoms with Gasteiger partial charge in [-0.1, -0.05) is 6.92 Å². The number of carbonyl (C=O) groups is 2. The molecule has 0 aliphatic carbocycles. The number of ether oxygens (including phenoxy) is 1. The lowest BCUT2D eigenvalue weighted by molar-refractivity contribution is -0.125. The second kappa shape index (κ2) is 7.83. The van der Waals surface area contributed by atoms with Crippen LogP contribution in [0.1, 0.15) is 42.1 Å². The van der Waals surface area contributed by atoms with Crippen LogP contribution in [-0.2, 0) is 16.1 Å². The van der Waals surface area contributed by atoms with Gasteiger partial charge < -0.3 is 14.5 Å². The average molecular weight is 296 g/mol. The monoisotopic (exact) mass is 296 g/mol. The minimum absolute atomic E-state index is 0.0178. The van der Waals surface area contributed by atoms with E-state index in [0.717, 1.165) is 6.42 Å². The van der Waals surface area contributed by atoms with Crippen LogP contribution in [0.15, 0.2) is 10.5 Å². The van der Waals surface area contributed by atoms with E-state index >= 15 is 0 Å². The van der Waals surface area contributed by atoms with E-state index < -0.39 is 5.97 Å².